The van der Waals surface area contributed by atoms with Crippen molar-refractivity contribution in [1.29, 1.82) is 0 Å². The predicted molar refractivity (Wildman–Crippen MR) is 28.4 cm³/mol. The third-order valence-electron chi connectivity index (χ3n) is 0. The van der Waals surface area contributed by atoms with Crippen molar-refractivity contribution in [3.63, 3.8) is 0 Å². The van der Waals surface area contributed by atoms with Crippen LogP contribution in [0.2, 0.25) is 0 Å². The zero-order chi connectivity index (χ0) is 7.15. The van der Waals surface area contributed by atoms with Gasteiger partial charge in [-0.05, 0) is 0 Å². The molecule has 0 fully saturated rings. The Kier molecular flexibility index (Phi) is 18.3. The SMILES string of the molecule is Cl.O=[N+]([O-])O.OB(O)O. The van der Waals surface area contributed by atoms with Crippen molar-refractivity contribution in [1.82, 2.24) is 0 Å². The molecule has 0 radical (unpaired) electrons. The van der Waals surface area contributed by atoms with Crippen LogP contribution in [-0.4, -0.2) is 32.7 Å². The first-order chi connectivity index (χ1) is 3.46. The summed E-state index contributed by atoms with van der Waals surface area (Å²) >= 11 is 0. The second-order valence-electron chi connectivity index (χ2n) is 0.584. The molecule has 7 nitrogen and oxygen atoms in total. The fourth-order valence-corrected chi connectivity index (χ4v) is 0. The highest BCUT2D eigenvalue weighted by molar-refractivity contribution is 6.30. The molecular formula is H5BClNO6. The number of rotatable bonds is 0. The van der Waals surface area contributed by atoms with Crippen LogP contribution in [0, 0.1) is 10.1 Å². The lowest BCUT2D eigenvalue weighted by atomic mass is 10.3. The number of nitrogens with zero attached hydrogens (tertiary/aromatic N) is 1. The molecule has 9 heteroatoms. The Morgan fingerprint density at radius 2 is 1.33 bits per heavy atom. The minimum atomic E-state index is -2.17. The van der Waals surface area contributed by atoms with Crippen molar-refractivity contribution < 1.29 is 25.4 Å². The molecule has 0 bridgehead atoms. The Morgan fingerprint density at radius 1 is 1.33 bits per heavy atom. The van der Waals surface area contributed by atoms with E-state index < -0.39 is 12.4 Å². The second kappa shape index (κ2) is 10.4. The van der Waals surface area contributed by atoms with Crippen LogP contribution in [0.5, 0.6) is 0 Å². The molecule has 0 aliphatic heterocycles. The van der Waals surface area contributed by atoms with Gasteiger partial charge in [-0.25, -0.2) is 0 Å². The van der Waals surface area contributed by atoms with Crippen LogP contribution >= 0.6 is 12.4 Å². The van der Waals surface area contributed by atoms with Gasteiger partial charge in [-0.15, -0.1) is 22.5 Å². The summed E-state index contributed by atoms with van der Waals surface area (Å²) in [5.41, 5.74) is 0. The molecule has 0 rings (SSSR count). The van der Waals surface area contributed by atoms with E-state index in [0.29, 0.717) is 0 Å². The van der Waals surface area contributed by atoms with Crippen molar-refractivity contribution in [3.8, 4) is 0 Å². The molecule has 0 amide bonds. The fraction of sp³-hybridized carbons (Fsp3) is 0. The Labute approximate surface area is 56.2 Å². The topological polar surface area (TPSA) is 124 Å². The highest BCUT2D eigenvalue weighted by Crippen LogP contribution is 1.40. The van der Waals surface area contributed by atoms with E-state index in [9.17, 15) is 0 Å². The molecule has 0 aromatic rings. The maximum Gasteiger partial charge on any atom is 0.631 e. The third-order valence-corrected chi connectivity index (χ3v) is 0. The lowest BCUT2D eigenvalue weighted by molar-refractivity contribution is -0.742. The number of hydrogen-bond acceptors (Lipinski definition) is 5. The van der Waals surface area contributed by atoms with E-state index in [1.54, 1.807) is 0 Å². The van der Waals surface area contributed by atoms with Gasteiger partial charge in [-0.2, -0.15) is 0 Å². The molecule has 0 atom stereocenters. The Balaban J connectivity index is -0.0000000720. The Hall–Kier alpha value is -0.565. The predicted octanol–water partition coefficient (Wildman–Crippen LogP) is -1.98. The van der Waals surface area contributed by atoms with Gasteiger partial charge in [0.2, 0.25) is 0 Å². The smallest absolute Gasteiger partial charge is 0.402 e. The summed E-state index contributed by atoms with van der Waals surface area (Å²) in [6.07, 6.45) is 0. The minimum absolute atomic E-state index is 0. The first-order valence-corrected chi connectivity index (χ1v) is 1.34. The van der Waals surface area contributed by atoms with Gasteiger partial charge in [-0.1, -0.05) is 0 Å². The van der Waals surface area contributed by atoms with Crippen LogP contribution in [0.15, 0.2) is 0 Å². The minimum Gasteiger partial charge on any atom is -0.402 e. The van der Waals surface area contributed by atoms with Crippen LogP contribution in [0.1, 0.15) is 0 Å². The van der Waals surface area contributed by atoms with Crippen molar-refractivity contribution in [3.05, 3.63) is 10.1 Å². The highest BCUT2D eigenvalue weighted by atomic mass is 35.5. The van der Waals surface area contributed by atoms with Crippen molar-refractivity contribution >= 4 is 19.7 Å². The average molecular weight is 161 g/mol. The first kappa shape index (κ1) is 15.8. The number of hydrogen-bond donors (Lipinski definition) is 4. The third kappa shape index (κ3) is 688. The molecule has 0 spiro atoms. The normalized spacial score (nSPS) is 5.67. The largest absolute Gasteiger partial charge is 0.631 e. The quantitative estimate of drug-likeness (QED) is 0.185. The molecule has 0 aliphatic rings. The molecule has 0 aromatic carbocycles. The molecule has 0 heterocycles. The zero-order valence-electron chi connectivity index (χ0n) is 4.04. The van der Waals surface area contributed by atoms with E-state index in [0.717, 1.165) is 0 Å². The Morgan fingerprint density at radius 3 is 1.33 bits per heavy atom. The summed E-state index contributed by atoms with van der Waals surface area (Å²) in [6.45, 7) is 0. The van der Waals surface area contributed by atoms with Gasteiger partial charge in [-0.3, -0.25) is 0 Å². The van der Waals surface area contributed by atoms with Gasteiger partial charge >= 0.3 is 7.32 Å². The van der Waals surface area contributed by atoms with E-state index >= 15 is 0 Å². The van der Waals surface area contributed by atoms with Crippen molar-refractivity contribution in [2.45, 2.75) is 0 Å². The Bertz CT molecular complexity index is 57.3. The molecule has 0 aromatic heterocycles. The molecule has 9 heavy (non-hydrogen) atoms. The maximum absolute atomic E-state index is 8.36. The standard InChI is InChI=1S/BH3O3.ClH.HNO3/c2-1(3)4;;2-1(3)4/h2-4H;1H;(H,2,3,4). The van der Waals surface area contributed by atoms with Crippen molar-refractivity contribution in [2.75, 3.05) is 0 Å². The zero-order valence-corrected chi connectivity index (χ0v) is 4.85. The summed E-state index contributed by atoms with van der Waals surface area (Å²) < 4.78 is 0. The van der Waals surface area contributed by atoms with E-state index in [2.05, 4.69) is 0 Å². The molecule has 0 saturated heterocycles. The lowest BCUT2D eigenvalue weighted by Crippen LogP contribution is -2.07. The lowest BCUT2D eigenvalue weighted by Gasteiger charge is -1.69. The summed E-state index contributed by atoms with van der Waals surface area (Å²) in [4.78, 5) is 8.36. The summed E-state index contributed by atoms with van der Waals surface area (Å²) in [5.74, 6) is 0. The van der Waals surface area contributed by atoms with Gasteiger partial charge in [0, 0.05) is 0 Å². The van der Waals surface area contributed by atoms with E-state index in [-0.39, 0.29) is 12.4 Å². The second-order valence-corrected chi connectivity index (χ2v) is 0.584. The van der Waals surface area contributed by atoms with Gasteiger partial charge < -0.3 is 20.3 Å². The number of halogens is 1. The van der Waals surface area contributed by atoms with Crippen LogP contribution < -0.4 is 0 Å². The summed E-state index contributed by atoms with van der Waals surface area (Å²) in [6, 6.07) is 0. The van der Waals surface area contributed by atoms with Gasteiger partial charge in [0.05, 0.1) is 0 Å². The van der Waals surface area contributed by atoms with Crippen LogP contribution in [0.25, 0.3) is 0 Å². The summed E-state index contributed by atoms with van der Waals surface area (Å²) in [7, 11) is -2.17. The molecule has 56 valence electrons. The van der Waals surface area contributed by atoms with Gasteiger partial charge in [0.25, 0.3) is 5.09 Å². The molecular weight excluding hydrogens is 156 g/mol. The van der Waals surface area contributed by atoms with Crippen molar-refractivity contribution in [2.24, 2.45) is 0 Å². The van der Waals surface area contributed by atoms with E-state index in [1.807, 2.05) is 0 Å². The monoisotopic (exact) mass is 161 g/mol. The molecule has 0 unspecified atom stereocenters. The van der Waals surface area contributed by atoms with E-state index in [4.69, 9.17) is 30.4 Å². The van der Waals surface area contributed by atoms with Gasteiger partial charge in [0.15, 0.2) is 0 Å². The maximum atomic E-state index is 8.36. The highest BCUT2D eigenvalue weighted by Gasteiger charge is 1.92. The average Bonchev–Trinajstić information content (AvgIpc) is 1.25. The molecule has 0 saturated carbocycles. The van der Waals surface area contributed by atoms with Crippen LogP contribution in [0.3, 0.4) is 0 Å². The first-order valence-electron chi connectivity index (χ1n) is 1.34. The van der Waals surface area contributed by atoms with Crippen LogP contribution in [0.4, 0.5) is 0 Å². The van der Waals surface area contributed by atoms with Crippen LogP contribution in [-0.2, 0) is 0 Å². The van der Waals surface area contributed by atoms with E-state index in [1.165, 1.54) is 0 Å². The van der Waals surface area contributed by atoms with Gasteiger partial charge in [0.1, 0.15) is 0 Å². The summed E-state index contributed by atoms with van der Waals surface area (Å²) in [5, 5.41) is 35.1. The molecule has 0 aliphatic carbocycles. The molecule has 4 N–H and O–H groups in total. The fourth-order valence-electron chi connectivity index (χ4n) is 0.